The van der Waals surface area contributed by atoms with E-state index < -0.39 is 0 Å². The van der Waals surface area contributed by atoms with Crippen LogP contribution in [0, 0.1) is 0 Å². The highest BCUT2D eigenvalue weighted by atomic mass is 35.5. The lowest BCUT2D eigenvalue weighted by atomic mass is 9.98. The first-order valence-electron chi connectivity index (χ1n) is 11.7. The minimum atomic E-state index is -0.107. The first kappa shape index (κ1) is 22.5. The molecule has 174 valence electrons. The van der Waals surface area contributed by atoms with Gasteiger partial charge in [-0.15, -0.1) is 0 Å². The van der Waals surface area contributed by atoms with Gasteiger partial charge in [0.25, 0.3) is 5.91 Å². The van der Waals surface area contributed by atoms with E-state index in [1.54, 1.807) is 0 Å². The van der Waals surface area contributed by atoms with E-state index in [-0.39, 0.29) is 18.0 Å². The second kappa shape index (κ2) is 9.15. The van der Waals surface area contributed by atoms with Crippen LogP contribution in [-0.4, -0.2) is 22.1 Å². The average molecular weight is 474 g/mol. The number of nitrogens with zero attached hydrogens (tertiary/aromatic N) is 2. The SMILES string of the molecule is CC(C)c1cccc([C@H](C)NC(=O)c2ccc3c(c2)ncn3[C@@H]2CCOc3cc(Cl)ccc32)c1. The van der Waals surface area contributed by atoms with Crippen molar-refractivity contribution in [2.24, 2.45) is 0 Å². The third-order valence-electron chi connectivity index (χ3n) is 6.58. The summed E-state index contributed by atoms with van der Waals surface area (Å²) in [6, 6.07) is 19.9. The zero-order valence-electron chi connectivity index (χ0n) is 19.6. The van der Waals surface area contributed by atoms with E-state index in [9.17, 15) is 4.79 Å². The number of amides is 1. The quantitative estimate of drug-likeness (QED) is 0.352. The Balaban J connectivity index is 1.38. The normalized spacial score (nSPS) is 16.2. The molecule has 0 unspecified atom stereocenters. The van der Waals surface area contributed by atoms with E-state index in [0.29, 0.717) is 23.1 Å². The van der Waals surface area contributed by atoms with Crippen LogP contribution in [0.2, 0.25) is 5.02 Å². The number of benzene rings is 3. The molecule has 5 nitrogen and oxygen atoms in total. The van der Waals surface area contributed by atoms with E-state index in [0.717, 1.165) is 34.3 Å². The van der Waals surface area contributed by atoms with Crippen LogP contribution in [0.25, 0.3) is 11.0 Å². The van der Waals surface area contributed by atoms with Crippen molar-refractivity contribution in [3.05, 3.63) is 94.3 Å². The molecule has 1 N–H and O–H groups in total. The molecule has 0 aliphatic carbocycles. The van der Waals surface area contributed by atoms with Gasteiger partial charge in [0.1, 0.15) is 5.75 Å². The third-order valence-corrected chi connectivity index (χ3v) is 6.82. The lowest BCUT2D eigenvalue weighted by Crippen LogP contribution is -2.26. The van der Waals surface area contributed by atoms with E-state index >= 15 is 0 Å². The molecule has 6 heteroatoms. The monoisotopic (exact) mass is 473 g/mol. The zero-order valence-corrected chi connectivity index (χ0v) is 20.3. The van der Waals surface area contributed by atoms with Crippen molar-refractivity contribution in [3.8, 4) is 5.75 Å². The fraction of sp³-hybridized carbons (Fsp3) is 0.286. The fourth-order valence-electron chi connectivity index (χ4n) is 4.61. The van der Waals surface area contributed by atoms with Crippen LogP contribution in [0.5, 0.6) is 5.75 Å². The van der Waals surface area contributed by atoms with Gasteiger partial charge in [0, 0.05) is 22.6 Å². The van der Waals surface area contributed by atoms with Crippen LogP contribution in [-0.2, 0) is 0 Å². The first-order chi connectivity index (χ1) is 16.4. The maximum Gasteiger partial charge on any atom is 0.251 e. The van der Waals surface area contributed by atoms with Crippen LogP contribution in [0.1, 0.15) is 72.2 Å². The molecule has 0 saturated carbocycles. The molecular formula is C28H28ClN3O2. The maximum absolute atomic E-state index is 13.0. The van der Waals surface area contributed by atoms with Gasteiger partial charge in [-0.3, -0.25) is 4.79 Å². The standard InChI is InChI=1S/C28H28ClN3O2/c1-17(2)19-5-4-6-20(13-19)18(3)31-28(33)21-7-10-26-24(14-21)30-16-32(26)25-11-12-34-27-15-22(29)8-9-23(25)27/h4-10,13-18,25H,11-12H2,1-3H3,(H,31,33)/t18-,25+/m0/s1. The average Bonchev–Trinajstić information content (AvgIpc) is 3.26. The van der Waals surface area contributed by atoms with Crippen LogP contribution in [0.15, 0.2) is 67.0 Å². The fourth-order valence-corrected chi connectivity index (χ4v) is 4.77. The Hall–Kier alpha value is -3.31. The third kappa shape index (κ3) is 4.28. The molecule has 0 radical (unpaired) electrons. The number of fused-ring (bicyclic) bond motifs is 2. The van der Waals surface area contributed by atoms with Crippen molar-refractivity contribution < 1.29 is 9.53 Å². The number of halogens is 1. The van der Waals surface area contributed by atoms with E-state index in [1.807, 2.05) is 49.6 Å². The molecule has 1 aliphatic rings. The second-order valence-corrected chi connectivity index (χ2v) is 9.65. The summed E-state index contributed by atoms with van der Waals surface area (Å²) in [7, 11) is 0. The van der Waals surface area contributed by atoms with Crippen LogP contribution in [0.4, 0.5) is 0 Å². The van der Waals surface area contributed by atoms with Gasteiger partial charge in [0.2, 0.25) is 0 Å². The van der Waals surface area contributed by atoms with Crippen molar-refractivity contribution in [1.29, 1.82) is 0 Å². The smallest absolute Gasteiger partial charge is 0.251 e. The van der Waals surface area contributed by atoms with Crippen molar-refractivity contribution in [1.82, 2.24) is 14.9 Å². The minimum absolute atomic E-state index is 0.0926. The predicted octanol–water partition coefficient (Wildman–Crippen LogP) is 6.68. The number of imidazole rings is 1. The summed E-state index contributed by atoms with van der Waals surface area (Å²) in [5, 5.41) is 3.79. The number of carbonyl (C=O) groups excluding carboxylic acids is 1. The molecule has 1 aromatic heterocycles. The molecule has 1 amide bonds. The van der Waals surface area contributed by atoms with Crippen molar-refractivity contribution in [2.75, 3.05) is 6.61 Å². The molecule has 4 aromatic rings. The lowest BCUT2D eigenvalue weighted by Gasteiger charge is -2.27. The summed E-state index contributed by atoms with van der Waals surface area (Å²) in [6.07, 6.45) is 2.69. The number of hydrogen-bond donors (Lipinski definition) is 1. The number of ether oxygens (including phenoxy) is 1. The summed E-state index contributed by atoms with van der Waals surface area (Å²) in [6.45, 7) is 6.98. The van der Waals surface area contributed by atoms with Gasteiger partial charge in [0.15, 0.2) is 0 Å². The minimum Gasteiger partial charge on any atom is -0.493 e. The molecule has 0 saturated heterocycles. The van der Waals surface area contributed by atoms with Crippen LogP contribution >= 0.6 is 11.6 Å². The largest absolute Gasteiger partial charge is 0.493 e. The maximum atomic E-state index is 13.0. The molecule has 34 heavy (non-hydrogen) atoms. The molecule has 0 bridgehead atoms. The molecule has 2 heterocycles. The van der Waals surface area contributed by atoms with Gasteiger partial charge in [0.05, 0.1) is 36.1 Å². The highest BCUT2D eigenvalue weighted by molar-refractivity contribution is 6.30. The van der Waals surface area contributed by atoms with Gasteiger partial charge in [-0.2, -0.15) is 0 Å². The topological polar surface area (TPSA) is 56.2 Å². The number of aromatic nitrogens is 2. The van der Waals surface area contributed by atoms with Gasteiger partial charge < -0.3 is 14.6 Å². The predicted molar refractivity (Wildman–Crippen MR) is 136 cm³/mol. The number of rotatable bonds is 5. The summed E-state index contributed by atoms with van der Waals surface area (Å²) in [5.41, 5.74) is 5.84. The molecule has 5 rings (SSSR count). The lowest BCUT2D eigenvalue weighted by molar-refractivity contribution is 0.0940. The summed E-state index contributed by atoms with van der Waals surface area (Å²) >= 11 is 6.15. The Kier molecular flexibility index (Phi) is 6.05. The van der Waals surface area contributed by atoms with Crippen molar-refractivity contribution in [2.45, 2.75) is 45.2 Å². The summed E-state index contributed by atoms with van der Waals surface area (Å²) in [4.78, 5) is 17.6. The molecule has 1 aliphatic heterocycles. The number of carbonyl (C=O) groups is 1. The second-order valence-electron chi connectivity index (χ2n) is 9.21. The Bertz CT molecular complexity index is 1360. The van der Waals surface area contributed by atoms with Gasteiger partial charge in [-0.05, 0) is 54.3 Å². The van der Waals surface area contributed by atoms with Crippen molar-refractivity contribution in [3.63, 3.8) is 0 Å². The molecule has 0 fully saturated rings. The summed E-state index contributed by atoms with van der Waals surface area (Å²) < 4.78 is 7.98. The number of nitrogens with one attached hydrogen (secondary N) is 1. The Morgan fingerprint density at radius 2 is 1.91 bits per heavy atom. The molecule has 2 atom stereocenters. The Morgan fingerprint density at radius 1 is 1.09 bits per heavy atom. The number of hydrogen-bond acceptors (Lipinski definition) is 3. The molecule has 3 aromatic carbocycles. The highest BCUT2D eigenvalue weighted by Crippen LogP contribution is 2.37. The summed E-state index contributed by atoms with van der Waals surface area (Å²) in [5.74, 6) is 1.15. The van der Waals surface area contributed by atoms with E-state index in [4.69, 9.17) is 16.3 Å². The zero-order chi connectivity index (χ0) is 23.8. The van der Waals surface area contributed by atoms with Gasteiger partial charge >= 0.3 is 0 Å². The van der Waals surface area contributed by atoms with Crippen LogP contribution < -0.4 is 10.1 Å². The molecular weight excluding hydrogens is 446 g/mol. The van der Waals surface area contributed by atoms with Gasteiger partial charge in [-0.25, -0.2) is 4.98 Å². The Morgan fingerprint density at radius 3 is 2.74 bits per heavy atom. The van der Waals surface area contributed by atoms with Crippen molar-refractivity contribution >= 4 is 28.5 Å². The highest BCUT2D eigenvalue weighted by Gasteiger charge is 2.25. The van der Waals surface area contributed by atoms with Gasteiger partial charge in [-0.1, -0.05) is 55.8 Å². The Labute approximate surface area is 204 Å². The van der Waals surface area contributed by atoms with Crippen LogP contribution in [0.3, 0.4) is 0 Å². The van der Waals surface area contributed by atoms with E-state index in [1.165, 1.54) is 5.56 Å². The first-order valence-corrected chi connectivity index (χ1v) is 12.1. The molecule has 0 spiro atoms. The van der Waals surface area contributed by atoms with E-state index in [2.05, 4.69) is 53.0 Å².